The number of carbonyl (C=O) groups excluding carboxylic acids is 1. The molecule has 4 heterocycles. The van der Waals surface area contributed by atoms with Gasteiger partial charge < -0.3 is 9.88 Å². The number of hydrogen-bond donors (Lipinski definition) is 1. The van der Waals surface area contributed by atoms with Crippen LogP contribution in [0.5, 0.6) is 0 Å². The van der Waals surface area contributed by atoms with Gasteiger partial charge in [-0.05, 0) is 41.7 Å². The van der Waals surface area contributed by atoms with Gasteiger partial charge in [0.2, 0.25) is 5.82 Å². The Labute approximate surface area is 163 Å². The van der Waals surface area contributed by atoms with Crippen molar-refractivity contribution in [3.05, 3.63) is 72.1 Å². The Hall–Kier alpha value is -3.06. The highest BCUT2D eigenvalue weighted by molar-refractivity contribution is 6.01. The molecule has 2 aliphatic heterocycles. The van der Waals surface area contributed by atoms with E-state index in [0.29, 0.717) is 17.7 Å². The predicted molar refractivity (Wildman–Crippen MR) is 105 cm³/mol. The summed E-state index contributed by atoms with van der Waals surface area (Å²) in [5, 5.41) is 11.4. The van der Waals surface area contributed by atoms with E-state index in [0.717, 1.165) is 44.1 Å². The lowest BCUT2D eigenvalue weighted by molar-refractivity contribution is 0.100. The van der Waals surface area contributed by atoms with Crippen molar-refractivity contribution in [2.24, 2.45) is 11.8 Å². The molecule has 5 rings (SSSR count). The van der Waals surface area contributed by atoms with Gasteiger partial charge in [-0.1, -0.05) is 18.2 Å². The summed E-state index contributed by atoms with van der Waals surface area (Å²) < 4.78 is 2.01. The minimum atomic E-state index is -0.199. The maximum atomic E-state index is 12.7. The second kappa shape index (κ2) is 7.16. The number of nitrogens with one attached hydrogen (secondary N) is 1. The van der Waals surface area contributed by atoms with E-state index in [1.807, 2.05) is 47.3 Å². The van der Waals surface area contributed by atoms with Crippen LogP contribution in [0.25, 0.3) is 0 Å². The number of amides is 1. The van der Waals surface area contributed by atoms with Crippen molar-refractivity contribution in [2.75, 3.05) is 18.4 Å². The average molecular weight is 374 g/mol. The highest BCUT2D eigenvalue weighted by Crippen LogP contribution is 2.33. The number of pyridine rings is 1. The first kappa shape index (κ1) is 17.1. The molecular weight excluding hydrogens is 352 g/mol. The van der Waals surface area contributed by atoms with Crippen LogP contribution in [0.15, 0.2) is 54.9 Å². The summed E-state index contributed by atoms with van der Waals surface area (Å²) >= 11 is 0. The molecule has 1 aromatic carbocycles. The number of nitrogens with zero attached hydrogens (tertiary/aromatic N) is 5. The van der Waals surface area contributed by atoms with Gasteiger partial charge in [0.25, 0.3) is 5.91 Å². The van der Waals surface area contributed by atoms with Crippen LogP contribution in [-0.2, 0) is 19.5 Å². The van der Waals surface area contributed by atoms with Crippen molar-refractivity contribution >= 4 is 11.6 Å². The van der Waals surface area contributed by atoms with Gasteiger partial charge in [0.15, 0.2) is 0 Å². The molecule has 3 aromatic rings. The molecule has 1 amide bonds. The Balaban J connectivity index is 1.29. The Kier molecular flexibility index (Phi) is 4.37. The Bertz CT molecular complexity index is 971. The molecule has 0 saturated carbocycles. The molecule has 1 N–H and O–H groups in total. The number of fused-ring (bicyclic) bond motifs is 2. The minimum absolute atomic E-state index is 0.199. The maximum absolute atomic E-state index is 12.7. The molecule has 0 spiro atoms. The third-order valence-corrected chi connectivity index (χ3v) is 5.73. The van der Waals surface area contributed by atoms with Crippen LogP contribution in [0.4, 0.5) is 5.69 Å². The molecule has 2 aromatic heterocycles. The first-order chi connectivity index (χ1) is 13.8. The number of benzene rings is 1. The summed E-state index contributed by atoms with van der Waals surface area (Å²) in [6.45, 7) is 3.84. The zero-order valence-corrected chi connectivity index (χ0v) is 15.5. The average Bonchev–Trinajstić information content (AvgIpc) is 3.30. The van der Waals surface area contributed by atoms with E-state index in [2.05, 4.69) is 37.5 Å². The summed E-state index contributed by atoms with van der Waals surface area (Å²) in [6, 6.07) is 13.6. The molecule has 7 nitrogen and oxygen atoms in total. The lowest BCUT2D eigenvalue weighted by atomic mass is 9.89. The van der Waals surface area contributed by atoms with Crippen molar-refractivity contribution in [1.82, 2.24) is 24.6 Å². The van der Waals surface area contributed by atoms with E-state index in [4.69, 9.17) is 0 Å². The first-order valence-electron chi connectivity index (χ1n) is 9.66. The quantitative estimate of drug-likeness (QED) is 0.758. The number of hydrogen-bond acceptors (Lipinski definition) is 5. The van der Waals surface area contributed by atoms with Crippen LogP contribution in [0, 0.1) is 11.8 Å². The number of anilines is 1. The fourth-order valence-electron chi connectivity index (χ4n) is 4.37. The van der Waals surface area contributed by atoms with Crippen molar-refractivity contribution in [3.8, 4) is 0 Å². The van der Waals surface area contributed by atoms with Crippen molar-refractivity contribution in [3.63, 3.8) is 0 Å². The van der Waals surface area contributed by atoms with Gasteiger partial charge in [-0.25, -0.2) is 0 Å². The lowest BCUT2D eigenvalue weighted by Crippen LogP contribution is -2.31. The molecule has 7 heteroatoms. The molecule has 28 heavy (non-hydrogen) atoms. The lowest BCUT2D eigenvalue weighted by Gasteiger charge is -2.25. The van der Waals surface area contributed by atoms with Gasteiger partial charge in [0.05, 0.1) is 0 Å². The van der Waals surface area contributed by atoms with E-state index in [1.54, 1.807) is 0 Å². The Morgan fingerprint density at radius 2 is 1.79 bits per heavy atom. The molecular formula is C21H22N6O. The van der Waals surface area contributed by atoms with Gasteiger partial charge in [0, 0.05) is 50.7 Å². The second-order valence-electron chi connectivity index (χ2n) is 7.64. The SMILES string of the molecule is O=C(Nc1ccccc1)c1nnc2n1C[C@@H]1CN(Cc3ccncc3)C[C@H]1C2. The maximum Gasteiger partial charge on any atom is 0.293 e. The van der Waals surface area contributed by atoms with E-state index < -0.39 is 0 Å². The molecule has 0 bridgehead atoms. The van der Waals surface area contributed by atoms with Gasteiger partial charge in [-0.2, -0.15) is 0 Å². The molecule has 1 fully saturated rings. The molecule has 2 atom stereocenters. The fraction of sp³-hybridized carbons (Fsp3) is 0.333. The molecule has 2 aliphatic rings. The summed E-state index contributed by atoms with van der Waals surface area (Å²) in [4.78, 5) is 19.3. The minimum Gasteiger partial charge on any atom is -0.319 e. The van der Waals surface area contributed by atoms with Crippen LogP contribution in [0.1, 0.15) is 22.0 Å². The van der Waals surface area contributed by atoms with E-state index in [-0.39, 0.29) is 5.91 Å². The standard InChI is InChI=1S/C21H22N6O/c28-21(23-18-4-2-1-3-5-18)20-25-24-19-10-16-12-26(13-17(16)14-27(19)20)11-15-6-8-22-9-7-15/h1-9,16-17H,10-14H2,(H,23,28)/t16-,17+/m1/s1. The molecule has 142 valence electrons. The zero-order valence-electron chi connectivity index (χ0n) is 15.5. The van der Waals surface area contributed by atoms with E-state index in [9.17, 15) is 4.79 Å². The highest BCUT2D eigenvalue weighted by atomic mass is 16.2. The van der Waals surface area contributed by atoms with Gasteiger partial charge in [-0.15, -0.1) is 10.2 Å². The van der Waals surface area contributed by atoms with E-state index in [1.165, 1.54) is 5.56 Å². The van der Waals surface area contributed by atoms with Crippen molar-refractivity contribution in [1.29, 1.82) is 0 Å². The van der Waals surface area contributed by atoms with Gasteiger partial charge in [0.1, 0.15) is 5.82 Å². The molecule has 0 aliphatic carbocycles. The predicted octanol–water partition coefficient (Wildman–Crippen LogP) is 2.23. The topological polar surface area (TPSA) is 75.9 Å². The van der Waals surface area contributed by atoms with Crippen LogP contribution >= 0.6 is 0 Å². The molecule has 0 unspecified atom stereocenters. The highest BCUT2D eigenvalue weighted by Gasteiger charge is 2.39. The van der Waals surface area contributed by atoms with Gasteiger partial charge >= 0.3 is 0 Å². The van der Waals surface area contributed by atoms with E-state index >= 15 is 0 Å². The van der Waals surface area contributed by atoms with Crippen LogP contribution in [0.3, 0.4) is 0 Å². The third-order valence-electron chi connectivity index (χ3n) is 5.73. The molecule has 0 radical (unpaired) electrons. The summed E-state index contributed by atoms with van der Waals surface area (Å²) in [5.41, 5.74) is 2.05. The number of carbonyl (C=O) groups is 1. The number of para-hydroxylation sites is 1. The third kappa shape index (κ3) is 3.29. The number of likely N-dealkylation sites (tertiary alicyclic amines) is 1. The number of rotatable bonds is 4. The van der Waals surface area contributed by atoms with Crippen molar-refractivity contribution < 1.29 is 4.79 Å². The smallest absolute Gasteiger partial charge is 0.293 e. The van der Waals surface area contributed by atoms with Gasteiger partial charge in [-0.3, -0.25) is 14.7 Å². The zero-order chi connectivity index (χ0) is 18.9. The summed E-state index contributed by atoms with van der Waals surface area (Å²) in [7, 11) is 0. The fourth-order valence-corrected chi connectivity index (χ4v) is 4.37. The Morgan fingerprint density at radius 3 is 2.61 bits per heavy atom. The Morgan fingerprint density at radius 1 is 1.00 bits per heavy atom. The molecule has 1 saturated heterocycles. The summed E-state index contributed by atoms with van der Waals surface area (Å²) in [6.07, 6.45) is 4.57. The second-order valence-corrected chi connectivity index (χ2v) is 7.64. The van der Waals surface area contributed by atoms with Crippen LogP contribution < -0.4 is 5.32 Å². The first-order valence-corrected chi connectivity index (χ1v) is 9.66. The van der Waals surface area contributed by atoms with Crippen molar-refractivity contribution in [2.45, 2.75) is 19.5 Å². The monoisotopic (exact) mass is 374 g/mol. The number of aromatic nitrogens is 4. The normalized spacial score (nSPS) is 21.1. The summed E-state index contributed by atoms with van der Waals surface area (Å²) in [5.74, 6) is 2.22. The van der Waals surface area contributed by atoms with Crippen LogP contribution in [0.2, 0.25) is 0 Å². The largest absolute Gasteiger partial charge is 0.319 e. The van der Waals surface area contributed by atoms with Crippen LogP contribution in [-0.4, -0.2) is 43.6 Å².